The van der Waals surface area contributed by atoms with Gasteiger partial charge in [-0.3, -0.25) is 4.90 Å². The summed E-state index contributed by atoms with van der Waals surface area (Å²) in [4.78, 5) is 4.91. The van der Waals surface area contributed by atoms with Gasteiger partial charge in [0.05, 0.1) is 19.8 Å². The molecule has 1 aliphatic rings. The topological polar surface area (TPSA) is 24.9 Å². The molecule has 1 aromatic carbocycles. The average Bonchev–Trinajstić information content (AvgIpc) is 2.58. The van der Waals surface area contributed by atoms with Gasteiger partial charge < -0.3 is 14.4 Å². The predicted octanol–water partition coefficient (Wildman–Crippen LogP) is 2.97. The molecule has 0 aromatic heterocycles. The Balaban J connectivity index is 1.93. The zero-order chi connectivity index (χ0) is 17.4. The van der Waals surface area contributed by atoms with Crippen LogP contribution in [0.5, 0.6) is 5.75 Å². The summed E-state index contributed by atoms with van der Waals surface area (Å²) in [5, 5.41) is 0. The minimum atomic E-state index is 0.550. The number of likely N-dealkylation sites (N-methyl/N-ethyl adjacent to an activating group) is 1. The normalized spacial score (nSPS) is 17.0. The summed E-state index contributed by atoms with van der Waals surface area (Å²) in [5.74, 6) is 0.977. The van der Waals surface area contributed by atoms with Crippen molar-refractivity contribution in [3.05, 3.63) is 42.0 Å². The summed E-state index contributed by atoms with van der Waals surface area (Å²) in [6, 6.07) is 7.07. The van der Waals surface area contributed by atoms with E-state index in [0.717, 1.165) is 51.6 Å². The van der Waals surface area contributed by atoms with Crippen LogP contribution in [0.15, 0.2) is 30.9 Å². The highest BCUT2D eigenvalue weighted by Crippen LogP contribution is 2.22. The number of nitrogens with zero attached hydrogens (tertiary/aromatic N) is 2. The zero-order valence-electron chi connectivity index (χ0n) is 15.5. The van der Waals surface area contributed by atoms with Gasteiger partial charge in [0.1, 0.15) is 5.75 Å². The maximum Gasteiger partial charge on any atom is 0.122 e. The van der Waals surface area contributed by atoms with Crippen LogP contribution in [0.2, 0.25) is 0 Å². The molecule has 0 bridgehead atoms. The SMILES string of the molecule is C=CCc1cc(CN(C)C[C@@H](C)N2CCOCC2)ccc1OCC. The van der Waals surface area contributed by atoms with Crippen LogP contribution in [0.25, 0.3) is 0 Å². The fourth-order valence-electron chi connectivity index (χ4n) is 3.30. The van der Waals surface area contributed by atoms with E-state index in [1.807, 2.05) is 13.0 Å². The molecule has 0 aliphatic carbocycles. The highest BCUT2D eigenvalue weighted by molar-refractivity contribution is 5.38. The molecule has 4 heteroatoms. The average molecular weight is 332 g/mol. The lowest BCUT2D eigenvalue weighted by atomic mass is 10.1. The molecule has 134 valence electrons. The quantitative estimate of drug-likeness (QED) is 0.649. The first-order valence-corrected chi connectivity index (χ1v) is 8.99. The van der Waals surface area contributed by atoms with E-state index < -0.39 is 0 Å². The fourth-order valence-corrected chi connectivity index (χ4v) is 3.30. The molecule has 0 amide bonds. The molecule has 0 saturated carbocycles. The Bertz CT molecular complexity index is 512. The van der Waals surface area contributed by atoms with Crippen LogP contribution in [-0.2, 0) is 17.7 Å². The lowest BCUT2D eigenvalue weighted by Crippen LogP contribution is -2.46. The zero-order valence-corrected chi connectivity index (χ0v) is 15.5. The Labute approximate surface area is 147 Å². The van der Waals surface area contributed by atoms with Gasteiger partial charge in [0.2, 0.25) is 0 Å². The third-order valence-electron chi connectivity index (χ3n) is 4.49. The monoisotopic (exact) mass is 332 g/mol. The summed E-state index contributed by atoms with van der Waals surface area (Å²) in [6.45, 7) is 14.7. The van der Waals surface area contributed by atoms with Crippen molar-refractivity contribution in [2.75, 3.05) is 46.5 Å². The second kappa shape index (κ2) is 9.82. The van der Waals surface area contributed by atoms with E-state index in [4.69, 9.17) is 9.47 Å². The van der Waals surface area contributed by atoms with E-state index in [1.54, 1.807) is 0 Å². The molecule has 1 heterocycles. The van der Waals surface area contributed by atoms with Crippen LogP contribution in [0.3, 0.4) is 0 Å². The van der Waals surface area contributed by atoms with Crippen molar-refractivity contribution in [2.24, 2.45) is 0 Å². The minimum absolute atomic E-state index is 0.550. The number of hydrogen-bond acceptors (Lipinski definition) is 4. The lowest BCUT2D eigenvalue weighted by Gasteiger charge is -2.34. The van der Waals surface area contributed by atoms with Crippen LogP contribution < -0.4 is 4.74 Å². The minimum Gasteiger partial charge on any atom is -0.494 e. The Hall–Kier alpha value is -1.36. The van der Waals surface area contributed by atoms with Gasteiger partial charge in [0, 0.05) is 32.2 Å². The van der Waals surface area contributed by atoms with E-state index >= 15 is 0 Å². The number of morpholine rings is 1. The number of rotatable bonds is 9. The summed E-state index contributed by atoms with van der Waals surface area (Å²) in [7, 11) is 2.20. The van der Waals surface area contributed by atoms with Gasteiger partial charge in [-0.15, -0.1) is 6.58 Å². The standard InChI is InChI=1S/C20H32N2O2/c1-5-7-19-14-18(8-9-20(19)24-6-2)16-21(4)15-17(3)22-10-12-23-13-11-22/h5,8-9,14,17H,1,6-7,10-13,15-16H2,2-4H3/t17-/m1/s1. The summed E-state index contributed by atoms with van der Waals surface area (Å²) in [6.07, 6.45) is 2.78. The molecular weight excluding hydrogens is 300 g/mol. The fraction of sp³-hybridized carbons (Fsp3) is 0.600. The second-order valence-electron chi connectivity index (χ2n) is 6.56. The van der Waals surface area contributed by atoms with Crippen LogP contribution in [0.1, 0.15) is 25.0 Å². The van der Waals surface area contributed by atoms with Gasteiger partial charge in [-0.05, 0) is 44.5 Å². The van der Waals surface area contributed by atoms with E-state index in [2.05, 4.69) is 48.5 Å². The van der Waals surface area contributed by atoms with Gasteiger partial charge in [-0.25, -0.2) is 0 Å². The van der Waals surface area contributed by atoms with Crippen molar-refractivity contribution in [1.29, 1.82) is 0 Å². The van der Waals surface area contributed by atoms with E-state index in [0.29, 0.717) is 12.6 Å². The molecule has 2 rings (SSSR count). The smallest absolute Gasteiger partial charge is 0.122 e. The van der Waals surface area contributed by atoms with Crippen molar-refractivity contribution < 1.29 is 9.47 Å². The van der Waals surface area contributed by atoms with Crippen molar-refractivity contribution in [1.82, 2.24) is 9.80 Å². The van der Waals surface area contributed by atoms with Crippen molar-refractivity contribution >= 4 is 0 Å². The molecule has 1 fully saturated rings. The molecule has 1 saturated heterocycles. The number of ether oxygens (including phenoxy) is 2. The van der Waals surface area contributed by atoms with Gasteiger partial charge >= 0.3 is 0 Å². The van der Waals surface area contributed by atoms with Crippen molar-refractivity contribution in [2.45, 2.75) is 32.9 Å². The van der Waals surface area contributed by atoms with Crippen molar-refractivity contribution in [3.63, 3.8) is 0 Å². The highest BCUT2D eigenvalue weighted by Gasteiger charge is 2.18. The third kappa shape index (κ3) is 5.62. The van der Waals surface area contributed by atoms with E-state index in [9.17, 15) is 0 Å². The van der Waals surface area contributed by atoms with Gasteiger partial charge in [-0.1, -0.05) is 18.2 Å². The summed E-state index contributed by atoms with van der Waals surface area (Å²) < 4.78 is 11.2. The van der Waals surface area contributed by atoms with Gasteiger partial charge in [-0.2, -0.15) is 0 Å². The predicted molar refractivity (Wildman–Crippen MR) is 99.7 cm³/mol. The van der Waals surface area contributed by atoms with E-state index in [1.165, 1.54) is 11.1 Å². The molecule has 24 heavy (non-hydrogen) atoms. The Morgan fingerprint density at radius 2 is 2.12 bits per heavy atom. The molecule has 0 unspecified atom stereocenters. The maximum atomic E-state index is 5.71. The van der Waals surface area contributed by atoms with E-state index in [-0.39, 0.29) is 0 Å². The second-order valence-corrected chi connectivity index (χ2v) is 6.56. The van der Waals surface area contributed by atoms with Crippen LogP contribution in [0, 0.1) is 0 Å². The Morgan fingerprint density at radius 1 is 1.38 bits per heavy atom. The molecule has 1 aliphatic heterocycles. The number of benzene rings is 1. The van der Waals surface area contributed by atoms with Gasteiger partial charge in [0.25, 0.3) is 0 Å². The van der Waals surface area contributed by atoms with Crippen LogP contribution >= 0.6 is 0 Å². The first-order chi connectivity index (χ1) is 11.6. The van der Waals surface area contributed by atoms with Crippen molar-refractivity contribution in [3.8, 4) is 5.75 Å². The maximum absolute atomic E-state index is 5.71. The van der Waals surface area contributed by atoms with Crippen LogP contribution in [0.4, 0.5) is 0 Å². The third-order valence-corrected chi connectivity index (χ3v) is 4.49. The Morgan fingerprint density at radius 3 is 2.79 bits per heavy atom. The summed E-state index contributed by atoms with van der Waals surface area (Å²) >= 11 is 0. The molecule has 0 N–H and O–H groups in total. The molecule has 1 aromatic rings. The van der Waals surface area contributed by atoms with Crippen LogP contribution in [-0.4, -0.2) is 62.3 Å². The molecule has 0 radical (unpaired) electrons. The lowest BCUT2D eigenvalue weighted by molar-refractivity contribution is 0.0137. The number of hydrogen-bond donors (Lipinski definition) is 0. The first kappa shape index (κ1) is 19.0. The highest BCUT2D eigenvalue weighted by atomic mass is 16.5. The van der Waals surface area contributed by atoms with Gasteiger partial charge in [0.15, 0.2) is 0 Å². The molecule has 0 spiro atoms. The molecular formula is C20H32N2O2. The molecule has 4 nitrogen and oxygen atoms in total. The number of allylic oxidation sites excluding steroid dienone is 1. The Kier molecular flexibility index (Phi) is 7.76. The summed E-state index contributed by atoms with van der Waals surface area (Å²) in [5.41, 5.74) is 2.55. The molecule has 1 atom stereocenters. The largest absolute Gasteiger partial charge is 0.494 e. The first-order valence-electron chi connectivity index (χ1n) is 8.99.